The van der Waals surface area contributed by atoms with Gasteiger partial charge in [-0.1, -0.05) is 0 Å². The van der Waals surface area contributed by atoms with E-state index in [0.29, 0.717) is 25.0 Å². The van der Waals surface area contributed by atoms with E-state index in [4.69, 9.17) is 4.74 Å². The van der Waals surface area contributed by atoms with E-state index in [2.05, 4.69) is 9.72 Å². The zero-order valence-electron chi connectivity index (χ0n) is 11.8. The predicted octanol–water partition coefficient (Wildman–Crippen LogP) is 1.37. The van der Waals surface area contributed by atoms with Gasteiger partial charge >= 0.3 is 5.97 Å². The van der Waals surface area contributed by atoms with Gasteiger partial charge in [0.25, 0.3) is 12.2 Å². The Morgan fingerprint density at radius 1 is 1.52 bits per heavy atom. The lowest BCUT2D eigenvalue weighted by Gasteiger charge is -2.25. The molecule has 0 bridgehead atoms. The van der Waals surface area contributed by atoms with Crippen LogP contribution in [0.4, 0.5) is 5.69 Å². The Morgan fingerprint density at radius 2 is 2.24 bits per heavy atom. The van der Waals surface area contributed by atoms with Crippen LogP contribution in [0.3, 0.4) is 0 Å². The summed E-state index contributed by atoms with van der Waals surface area (Å²) >= 11 is 0. The molecule has 0 aromatic carbocycles. The van der Waals surface area contributed by atoms with E-state index in [1.165, 1.54) is 19.2 Å². The lowest BCUT2D eigenvalue weighted by atomic mass is 9.81. The van der Waals surface area contributed by atoms with Gasteiger partial charge in [0, 0.05) is 6.07 Å². The Morgan fingerprint density at radius 3 is 2.71 bits per heavy atom. The highest BCUT2D eigenvalue weighted by molar-refractivity contribution is 5.82. The van der Waals surface area contributed by atoms with Crippen molar-refractivity contribution in [1.29, 1.82) is 0 Å². The second-order valence-corrected chi connectivity index (χ2v) is 4.55. The number of nitrogens with zero attached hydrogens (tertiary/aromatic N) is 2. The molecular weight excluding hydrogens is 280 g/mol. The van der Waals surface area contributed by atoms with Gasteiger partial charge in [0.05, 0.1) is 24.3 Å². The molecule has 0 amide bonds. The number of ether oxygens (including phenoxy) is 2. The Kier molecular flexibility index (Phi) is 5.77. The van der Waals surface area contributed by atoms with E-state index in [9.17, 15) is 19.7 Å². The van der Waals surface area contributed by atoms with Crippen molar-refractivity contribution in [2.24, 2.45) is 0 Å². The molecule has 0 fully saturated rings. The Labute approximate surface area is 121 Å². The first-order chi connectivity index (χ1) is 9.95. The number of rotatable bonds is 8. The van der Waals surface area contributed by atoms with E-state index in [1.54, 1.807) is 6.92 Å². The quantitative estimate of drug-likeness (QED) is 0.234. The molecular formula is C13H16N2O6. The third-order valence-electron chi connectivity index (χ3n) is 3.17. The van der Waals surface area contributed by atoms with Crippen molar-refractivity contribution in [3.8, 4) is 0 Å². The minimum atomic E-state index is -1.06. The van der Waals surface area contributed by atoms with Crippen LogP contribution >= 0.6 is 0 Å². The standard InChI is InChI=1S/C13H16N2O6/c1-13(12(17)20-2,6-3-7-21-9-16)11-5-4-10(8-14-11)15(18)19/h4-5,8-9H,3,6-7H2,1-2H3. The number of nitro groups is 1. The van der Waals surface area contributed by atoms with E-state index >= 15 is 0 Å². The van der Waals surface area contributed by atoms with Crippen LogP contribution in [0.5, 0.6) is 0 Å². The van der Waals surface area contributed by atoms with E-state index in [1.807, 2.05) is 0 Å². The molecule has 0 saturated heterocycles. The topological polar surface area (TPSA) is 109 Å². The van der Waals surface area contributed by atoms with Gasteiger partial charge in [0.15, 0.2) is 0 Å². The Hall–Kier alpha value is -2.51. The summed E-state index contributed by atoms with van der Waals surface area (Å²) in [6, 6.07) is 2.71. The monoisotopic (exact) mass is 296 g/mol. The average Bonchev–Trinajstić information content (AvgIpc) is 2.50. The largest absolute Gasteiger partial charge is 0.468 e. The highest BCUT2D eigenvalue weighted by atomic mass is 16.6. The highest BCUT2D eigenvalue weighted by Crippen LogP contribution is 2.30. The second-order valence-electron chi connectivity index (χ2n) is 4.55. The van der Waals surface area contributed by atoms with Crippen molar-refractivity contribution in [3.05, 3.63) is 34.1 Å². The van der Waals surface area contributed by atoms with Crippen LogP contribution in [0.25, 0.3) is 0 Å². The van der Waals surface area contributed by atoms with Crippen LogP contribution in [0.2, 0.25) is 0 Å². The van der Waals surface area contributed by atoms with Crippen molar-refractivity contribution >= 4 is 18.1 Å². The fourth-order valence-electron chi connectivity index (χ4n) is 1.94. The van der Waals surface area contributed by atoms with E-state index in [0.717, 1.165) is 6.20 Å². The van der Waals surface area contributed by atoms with Gasteiger partial charge in [0.1, 0.15) is 11.6 Å². The number of aromatic nitrogens is 1. The number of carbonyl (C=O) groups is 2. The number of esters is 1. The first kappa shape index (κ1) is 16.5. The molecule has 1 unspecified atom stereocenters. The molecule has 1 rings (SSSR count). The summed E-state index contributed by atoms with van der Waals surface area (Å²) in [4.78, 5) is 36.2. The predicted molar refractivity (Wildman–Crippen MR) is 71.5 cm³/mol. The van der Waals surface area contributed by atoms with Crippen molar-refractivity contribution in [2.45, 2.75) is 25.2 Å². The zero-order chi connectivity index (χ0) is 15.9. The molecule has 1 atom stereocenters. The third kappa shape index (κ3) is 3.98. The van der Waals surface area contributed by atoms with E-state index < -0.39 is 16.3 Å². The van der Waals surface area contributed by atoms with Crippen molar-refractivity contribution < 1.29 is 24.0 Å². The highest BCUT2D eigenvalue weighted by Gasteiger charge is 2.37. The smallest absolute Gasteiger partial charge is 0.317 e. The number of methoxy groups -OCH3 is 1. The number of carbonyl (C=O) groups excluding carboxylic acids is 2. The van der Waals surface area contributed by atoms with Crippen LogP contribution in [0.15, 0.2) is 18.3 Å². The van der Waals surface area contributed by atoms with E-state index in [-0.39, 0.29) is 12.3 Å². The number of hydrogen-bond donors (Lipinski definition) is 0. The normalized spacial score (nSPS) is 13.0. The fourth-order valence-corrected chi connectivity index (χ4v) is 1.94. The molecule has 1 aromatic rings. The molecule has 0 aliphatic rings. The maximum Gasteiger partial charge on any atom is 0.317 e. The maximum atomic E-state index is 12.0. The molecule has 0 spiro atoms. The summed E-state index contributed by atoms with van der Waals surface area (Å²) in [6.45, 7) is 2.14. The molecule has 8 heteroatoms. The molecule has 114 valence electrons. The maximum absolute atomic E-state index is 12.0. The van der Waals surface area contributed by atoms with Crippen molar-refractivity contribution in [2.75, 3.05) is 13.7 Å². The third-order valence-corrected chi connectivity index (χ3v) is 3.17. The Balaban J connectivity index is 2.97. The van der Waals surface area contributed by atoms with Crippen LogP contribution in [0, 0.1) is 10.1 Å². The summed E-state index contributed by atoms with van der Waals surface area (Å²) < 4.78 is 9.37. The second kappa shape index (κ2) is 7.32. The van der Waals surface area contributed by atoms with Gasteiger partial charge in [-0.25, -0.2) is 0 Å². The summed E-state index contributed by atoms with van der Waals surface area (Å²) in [6.07, 6.45) is 1.86. The molecule has 8 nitrogen and oxygen atoms in total. The summed E-state index contributed by atoms with van der Waals surface area (Å²) in [5, 5.41) is 10.6. The SMILES string of the molecule is COC(=O)C(C)(CCCOC=O)c1ccc([N+](=O)[O-])cn1. The first-order valence-electron chi connectivity index (χ1n) is 6.20. The number of pyridine rings is 1. The molecule has 0 saturated carbocycles. The van der Waals surface area contributed by atoms with Gasteiger partial charge in [-0.2, -0.15) is 0 Å². The van der Waals surface area contributed by atoms with Crippen LogP contribution in [-0.2, 0) is 24.5 Å². The molecule has 0 aliphatic carbocycles. The van der Waals surface area contributed by atoms with Gasteiger partial charge in [-0.05, 0) is 25.8 Å². The lowest BCUT2D eigenvalue weighted by Crippen LogP contribution is -2.35. The summed E-state index contributed by atoms with van der Waals surface area (Å²) in [7, 11) is 1.26. The Bertz CT molecular complexity index is 516. The first-order valence-corrected chi connectivity index (χ1v) is 6.20. The van der Waals surface area contributed by atoms with Gasteiger partial charge in [0.2, 0.25) is 0 Å². The molecule has 21 heavy (non-hydrogen) atoms. The van der Waals surface area contributed by atoms with Gasteiger partial charge in [-0.15, -0.1) is 0 Å². The molecule has 1 aromatic heterocycles. The number of hydrogen-bond acceptors (Lipinski definition) is 7. The summed E-state index contributed by atoms with van der Waals surface area (Å²) in [5.74, 6) is -0.505. The zero-order valence-corrected chi connectivity index (χ0v) is 11.8. The molecule has 1 heterocycles. The molecule has 0 aliphatic heterocycles. The van der Waals surface area contributed by atoms with Gasteiger partial charge in [-0.3, -0.25) is 24.7 Å². The van der Waals surface area contributed by atoms with Crippen molar-refractivity contribution in [1.82, 2.24) is 4.98 Å². The molecule has 0 N–H and O–H groups in total. The van der Waals surface area contributed by atoms with Crippen LogP contribution in [-0.4, -0.2) is 36.1 Å². The molecule has 0 radical (unpaired) electrons. The summed E-state index contributed by atoms with van der Waals surface area (Å²) in [5.41, 5.74) is -0.850. The average molecular weight is 296 g/mol. The minimum absolute atomic E-state index is 0.157. The van der Waals surface area contributed by atoms with Crippen LogP contribution in [0.1, 0.15) is 25.5 Å². The minimum Gasteiger partial charge on any atom is -0.468 e. The van der Waals surface area contributed by atoms with Crippen LogP contribution < -0.4 is 0 Å². The lowest BCUT2D eigenvalue weighted by molar-refractivity contribution is -0.385. The van der Waals surface area contributed by atoms with Crippen molar-refractivity contribution in [3.63, 3.8) is 0 Å². The fraction of sp³-hybridized carbons (Fsp3) is 0.462. The van der Waals surface area contributed by atoms with Gasteiger partial charge < -0.3 is 9.47 Å².